The summed E-state index contributed by atoms with van der Waals surface area (Å²) in [4.78, 5) is 27.8. The molecule has 0 aliphatic carbocycles. The van der Waals surface area contributed by atoms with Gasteiger partial charge in [0.25, 0.3) is 5.91 Å². The Morgan fingerprint density at radius 2 is 1.71 bits per heavy atom. The fourth-order valence-electron chi connectivity index (χ4n) is 2.56. The van der Waals surface area contributed by atoms with Crippen molar-refractivity contribution in [3.8, 4) is 5.69 Å². The van der Waals surface area contributed by atoms with Gasteiger partial charge in [0, 0.05) is 37.6 Å². The van der Waals surface area contributed by atoms with E-state index < -0.39 is 0 Å². The molecule has 1 heterocycles. The summed E-state index contributed by atoms with van der Waals surface area (Å²) in [5, 5.41) is 4.24. The Balaban J connectivity index is 2.07. The molecule has 0 N–H and O–H groups in total. The Morgan fingerprint density at radius 1 is 1.08 bits per heavy atom. The van der Waals surface area contributed by atoms with Crippen LogP contribution in [0.25, 0.3) is 5.69 Å². The van der Waals surface area contributed by atoms with Crippen molar-refractivity contribution in [3.63, 3.8) is 0 Å². The maximum absolute atomic E-state index is 12.5. The molecule has 0 fully saturated rings. The number of amides is 2. The summed E-state index contributed by atoms with van der Waals surface area (Å²) in [7, 11) is 1.65. The topological polar surface area (TPSA) is 58.4 Å². The maximum Gasteiger partial charge on any atom is 0.254 e. The van der Waals surface area contributed by atoms with E-state index in [1.807, 2.05) is 43.7 Å². The molecule has 0 aliphatic heterocycles. The molecule has 1 aromatic carbocycles. The number of hydrogen-bond donors (Lipinski definition) is 0. The molecule has 1 aromatic heterocycles. The summed E-state index contributed by atoms with van der Waals surface area (Å²) in [5.74, 6) is -0.209. The minimum absolute atomic E-state index is 0.0420. The molecule has 0 saturated heterocycles. The van der Waals surface area contributed by atoms with Crippen LogP contribution in [-0.2, 0) is 4.79 Å². The summed E-state index contributed by atoms with van der Waals surface area (Å²) >= 11 is 0. The Labute approximate surface area is 142 Å². The third kappa shape index (κ3) is 3.82. The lowest BCUT2D eigenvalue weighted by atomic mass is 10.2. The lowest BCUT2D eigenvalue weighted by Gasteiger charge is -2.23. The van der Waals surface area contributed by atoms with Gasteiger partial charge in [0.1, 0.15) is 0 Å². The van der Waals surface area contributed by atoms with Gasteiger partial charge >= 0.3 is 0 Å². The van der Waals surface area contributed by atoms with Crippen molar-refractivity contribution in [1.82, 2.24) is 19.6 Å². The van der Waals surface area contributed by atoms with E-state index >= 15 is 0 Å². The van der Waals surface area contributed by atoms with Gasteiger partial charge in [-0.2, -0.15) is 5.10 Å². The van der Waals surface area contributed by atoms with Crippen LogP contribution >= 0.6 is 0 Å². The Morgan fingerprint density at radius 3 is 2.21 bits per heavy atom. The van der Waals surface area contributed by atoms with Gasteiger partial charge < -0.3 is 9.80 Å². The highest BCUT2D eigenvalue weighted by molar-refractivity contribution is 5.96. The van der Waals surface area contributed by atoms with E-state index in [0.29, 0.717) is 18.7 Å². The summed E-state index contributed by atoms with van der Waals surface area (Å²) in [6.45, 7) is 7.21. The molecule has 0 spiro atoms. The van der Waals surface area contributed by atoms with Crippen molar-refractivity contribution < 1.29 is 9.59 Å². The second-order valence-corrected chi connectivity index (χ2v) is 5.66. The second-order valence-electron chi connectivity index (χ2n) is 5.66. The predicted octanol–water partition coefficient (Wildman–Crippen LogP) is 2.12. The van der Waals surface area contributed by atoms with Crippen LogP contribution in [0.5, 0.6) is 0 Å². The van der Waals surface area contributed by atoms with Gasteiger partial charge in [0.2, 0.25) is 5.91 Å². The van der Waals surface area contributed by atoms with Crippen LogP contribution in [-0.4, -0.2) is 58.1 Å². The Kier molecular flexibility index (Phi) is 5.73. The third-order valence-electron chi connectivity index (χ3n) is 4.03. The highest BCUT2D eigenvalue weighted by Crippen LogP contribution is 2.12. The third-order valence-corrected chi connectivity index (χ3v) is 4.03. The molecule has 2 rings (SSSR count). The van der Waals surface area contributed by atoms with Crippen LogP contribution in [0.15, 0.2) is 36.5 Å². The van der Waals surface area contributed by atoms with Gasteiger partial charge in [-0.05, 0) is 51.1 Å². The zero-order chi connectivity index (χ0) is 17.7. The van der Waals surface area contributed by atoms with Crippen molar-refractivity contribution in [3.05, 3.63) is 47.8 Å². The quantitative estimate of drug-likeness (QED) is 0.816. The SMILES string of the molecule is CCN(CC)C(=O)CN(C)C(=O)c1ccc(-n2nccc2C)cc1. The molecule has 0 radical (unpaired) electrons. The molecule has 24 heavy (non-hydrogen) atoms. The highest BCUT2D eigenvalue weighted by Gasteiger charge is 2.18. The molecule has 2 amide bonds. The molecule has 128 valence electrons. The number of benzene rings is 1. The average Bonchev–Trinajstić information content (AvgIpc) is 3.01. The number of aromatic nitrogens is 2. The van der Waals surface area contributed by atoms with E-state index in [1.54, 1.807) is 30.3 Å². The lowest BCUT2D eigenvalue weighted by molar-refractivity contribution is -0.131. The number of carbonyl (C=O) groups is 2. The maximum atomic E-state index is 12.5. The van der Waals surface area contributed by atoms with E-state index in [9.17, 15) is 9.59 Å². The smallest absolute Gasteiger partial charge is 0.254 e. The molecule has 2 aromatic rings. The summed E-state index contributed by atoms with van der Waals surface area (Å²) in [6, 6.07) is 9.15. The number of carbonyl (C=O) groups excluding carboxylic acids is 2. The summed E-state index contributed by atoms with van der Waals surface area (Å²) < 4.78 is 1.81. The minimum Gasteiger partial charge on any atom is -0.342 e. The van der Waals surface area contributed by atoms with Crippen LogP contribution in [0.4, 0.5) is 0 Å². The first-order chi connectivity index (χ1) is 11.5. The van der Waals surface area contributed by atoms with Crippen molar-refractivity contribution >= 4 is 11.8 Å². The Bertz CT molecular complexity index is 702. The van der Waals surface area contributed by atoms with Gasteiger partial charge in [-0.25, -0.2) is 4.68 Å². The number of hydrogen-bond acceptors (Lipinski definition) is 3. The zero-order valence-electron chi connectivity index (χ0n) is 14.7. The standard InChI is InChI=1S/C18H24N4O2/c1-5-21(6-2)17(23)13-20(4)18(24)15-7-9-16(10-8-15)22-14(3)11-12-19-22/h7-12H,5-6,13H2,1-4H3. The fourth-order valence-corrected chi connectivity index (χ4v) is 2.56. The molecule has 6 heteroatoms. The zero-order valence-corrected chi connectivity index (χ0v) is 14.7. The van der Waals surface area contributed by atoms with Crippen LogP contribution in [0.2, 0.25) is 0 Å². The highest BCUT2D eigenvalue weighted by atomic mass is 16.2. The van der Waals surface area contributed by atoms with Gasteiger partial charge in [-0.3, -0.25) is 9.59 Å². The molecule has 0 bridgehead atoms. The van der Waals surface area contributed by atoms with E-state index in [1.165, 1.54) is 4.90 Å². The van der Waals surface area contributed by atoms with Crippen molar-refractivity contribution in [2.75, 3.05) is 26.7 Å². The van der Waals surface area contributed by atoms with E-state index in [0.717, 1.165) is 11.4 Å². The summed E-state index contributed by atoms with van der Waals surface area (Å²) in [5.41, 5.74) is 2.48. The van der Waals surface area contributed by atoms with E-state index in [4.69, 9.17) is 0 Å². The molecule has 6 nitrogen and oxygen atoms in total. The average molecular weight is 328 g/mol. The minimum atomic E-state index is -0.167. The molecule has 0 aliphatic rings. The normalized spacial score (nSPS) is 10.5. The van der Waals surface area contributed by atoms with E-state index in [2.05, 4.69) is 5.10 Å². The first kappa shape index (κ1) is 17.7. The predicted molar refractivity (Wildman–Crippen MR) is 93.2 cm³/mol. The van der Waals surface area contributed by atoms with Crippen LogP contribution in [0, 0.1) is 6.92 Å². The summed E-state index contributed by atoms with van der Waals surface area (Å²) in [6.07, 6.45) is 1.74. The molecular formula is C18H24N4O2. The number of likely N-dealkylation sites (N-methyl/N-ethyl adjacent to an activating group) is 2. The van der Waals surface area contributed by atoms with Gasteiger partial charge in [0.15, 0.2) is 0 Å². The van der Waals surface area contributed by atoms with Crippen molar-refractivity contribution in [2.24, 2.45) is 0 Å². The van der Waals surface area contributed by atoms with Gasteiger partial charge in [0.05, 0.1) is 12.2 Å². The molecule has 0 unspecified atom stereocenters. The molecule has 0 saturated carbocycles. The Hall–Kier alpha value is -2.63. The number of nitrogens with zero attached hydrogens (tertiary/aromatic N) is 4. The monoisotopic (exact) mass is 328 g/mol. The number of rotatable bonds is 6. The second kappa shape index (κ2) is 7.77. The largest absolute Gasteiger partial charge is 0.342 e. The van der Waals surface area contributed by atoms with Gasteiger partial charge in [-0.1, -0.05) is 0 Å². The first-order valence-corrected chi connectivity index (χ1v) is 8.12. The van der Waals surface area contributed by atoms with Crippen LogP contribution < -0.4 is 0 Å². The first-order valence-electron chi connectivity index (χ1n) is 8.12. The van der Waals surface area contributed by atoms with Crippen LogP contribution in [0.3, 0.4) is 0 Å². The van der Waals surface area contributed by atoms with Gasteiger partial charge in [-0.15, -0.1) is 0 Å². The van der Waals surface area contributed by atoms with Crippen molar-refractivity contribution in [2.45, 2.75) is 20.8 Å². The molecular weight excluding hydrogens is 304 g/mol. The van der Waals surface area contributed by atoms with Crippen molar-refractivity contribution in [1.29, 1.82) is 0 Å². The fraction of sp³-hybridized carbons (Fsp3) is 0.389. The molecule has 0 atom stereocenters. The van der Waals surface area contributed by atoms with Crippen LogP contribution in [0.1, 0.15) is 29.9 Å². The lowest BCUT2D eigenvalue weighted by Crippen LogP contribution is -2.41. The number of aryl methyl sites for hydroxylation is 1. The van der Waals surface area contributed by atoms with E-state index in [-0.39, 0.29) is 18.4 Å².